The van der Waals surface area contributed by atoms with Gasteiger partial charge in [-0.2, -0.15) is 0 Å². The molecule has 1 aliphatic heterocycles. The van der Waals surface area contributed by atoms with E-state index in [9.17, 15) is 9.59 Å². The van der Waals surface area contributed by atoms with Gasteiger partial charge in [0, 0.05) is 30.6 Å². The van der Waals surface area contributed by atoms with Crippen LogP contribution >= 0.6 is 0 Å². The third-order valence-corrected chi connectivity index (χ3v) is 5.28. The highest BCUT2D eigenvalue weighted by Gasteiger charge is 2.41. The number of pyridine rings is 1. The van der Waals surface area contributed by atoms with E-state index in [0.717, 1.165) is 16.3 Å². The zero-order chi connectivity index (χ0) is 23.3. The molecule has 1 aromatic carbocycles. The fraction of sp³-hybridized carbons (Fsp3) is 0.346. The van der Waals surface area contributed by atoms with Crippen LogP contribution in [-0.2, 0) is 9.53 Å². The van der Waals surface area contributed by atoms with Crippen molar-refractivity contribution in [2.75, 3.05) is 18.4 Å². The van der Waals surface area contributed by atoms with Gasteiger partial charge in [-0.15, -0.1) is 0 Å². The summed E-state index contributed by atoms with van der Waals surface area (Å²) in [5.74, 6) is -0.384. The van der Waals surface area contributed by atoms with Crippen LogP contribution in [0.5, 0.6) is 0 Å². The second-order valence-electron chi connectivity index (χ2n) is 8.96. The number of carbonyl (C=O) groups is 2. The van der Waals surface area contributed by atoms with Crippen molar-refractivity contribution in [1.82, 2.24) is 9.88 Å². The third kappa shape index (κ3) is 5.84. The smallest absolute Gasteiger partial charge is 0.410 e. The van der Waals surface area contributed by atoms with Crippen LogP contribution in [0.3, 0.4) is 0 Å². The lowest BCUT2D eigenvalue weighted by atomic mass is 9.88. The molecule has 1 fully saturated rings. The SMILES string of the molecule is C=C(/C=C\C=C/C)[C@@H]1CN(C(=O)OC(C)(C)C)C[C@H]1C(=O)Nc1cc2ccccc2cn1. The number of benzene rings is 1. The van der Waals surface area contributed by atoms with E-state index in [1.807, 2.05) is 82.3 Å². The minimum Gasteiger partial charge on any atom is -0.444 e. The molecule has 0 unspecified atom stereocenters. The Balaban J connectivity index is 1.80. The molecule has 0 aliphatic carbocycles. The monoisotopic (exact) mass is 433 g/mol. The van der Waals surface area contributed by atoms with E-state index >= 15 is 0 Å². The highest BCUT2D eigenvalue weighted by atomic mass is 16.6. The van der Waals surface area contributed by atoms with Gasteiger partial charge in [-0.1, -0.05) is 55.1 Å². The summed E-state index contributed by atoms with van der Waals surface area (Å²) in [6.45, 7) is 12.2. The molecule has 32 heavy (non-hydrogen) atoms. The summed E-state index contributed by atoms with van der Waals surface area (Å²) in [4.78, 5) is 31.9. The third-order valence-electron chi connectivity index (χ3n) is 5.28. The minimum atomic E-state index is -0.606. The first-order valence-electron chi connectivity index (χ1n) is 10.8. The van der Waals surface area contributed by atoms with Gasteiger partial charge in [0.1, 0.15) is 11.4 Å². The van der Waals surface area contributed by atoms with E-state index in [2.05, 4.69) is 16.9 Å². The Labute approximate surface area is 189 Å². The van der Waals surface area contributed by atoms with Crippen molar-refractivity contribution >= 4 is 28.6 Å². The Morgan fingerprint density at radius 1 is 1.16 bits per heavy atom. The standard InChI is InChI=1S/C26H31N3O3/c1-6-7-8-11-18(2)21-16-29(25(31)32-26(3,4)5)17-22(21)24(30)28-23-14-19-12-9-10-13-20(19)15-27-23/h6-15,21-22H,2,16-17H2,1,3-5H3,(H,27,28,30)/b7-6-,11-8-/t21-,22+/m0/s1. The fourth-order valence-corrected chi connectivity index (χ4v) is 3.71. The van der Waals surface area contributed by atoms with Crippen molar-refractivity contribution in [3.63, 3.8) is 0 Å². The molecule has 2 heterocycles. The lowest BCUT2D eigenvalue weighted by Gasteiger charge is -2.24. The van der Waals surface area contributed by atoms with Crippen molar-refractivity contribution in [2.24, 2.45) is 11.8 Å². The maximum Gasteiger partial charge on any atom is 0.410 e. The Morgan fingerprint density at radius 2 is 1.84 bits per heavy atom. The Kier molecular flexibility index (Phi) is 7.13. The van der Waals surface area contributed by atoms with Crippen LogP contribution in [-0.4, -0.2) is 40.6 Å². The van der Waals surface area contributed by atoms with E-state index in [1.165, 1.54) is 0 Å². The molecule has 0 radical (unpaired) electrons. The second-order valence-corrected chi connectivity index (χ2v) is 8.96. The van der Waals surface area contributed by atoms with Crippen LogP contribution in [0.15, 0.2) is 73.0 Å². The minimum absolute atomic E-state index is 0.190. The molecule has 168 valence electrons. The van der Waals surface area contributed by atoms with Gasteiger partial charge in [0.05, 0.1) is 5.92 Å². The molecule has 6 nitrogen and oxygen atoms in total. The number of aromatic nitrogens is 1. The van der Waals surface area contributed by atoms with Gasteiger partial charge < -0.3 is 15.0 Å². The highest BCUT2D eigenvalue weighted by molar-refractivity contribution is 5.95. The van der Waals surface area contributed by atoms with E-state index in [0.29, 0.717) is 12.4 Å². The molecule has 1 N–H and O–H groups in total. The van der Waals surface area contributed by atoms with Crippen LogP contribution in [0.25, 0.3) is 10.8 Å². The number of carbonyl (C=O) groups excluding carboxylic acids is 2. The van der Waals surface area contributed by atoms with E-state index < -0.39 is 17.6 Å². The molecule has 0 bridgehead atoms. The zero-order valence-electron chi connectivity index (χ0n) is 19.2. The lowest BCUT2D eigenvalue weighted by molar-refractivity contribution is -0.120. The first-order chi connectivity index (χ1) is 15.2. The summed E-state index contributed by atoms with van der Waals surface area (Å²) in [5.41, 5.74) is 0.186. The number of likely N-dealkylation sites (tertiary alicyclic amines) is 1. The van der Waals surface area contributed by atoms with Crippen molar-refractivity contribution in [1.29, 1.82) is 0 Å². The molecule has 2 aromatic rings. The van der Waals surface area contributed by atoms with Crippen molar-refractivity contribution in [2.45, 2.75) is 33.3 Å². The lowest BCUT2D eigenvalue weighted by Crippen LogP contribution is -2.36. The van der Waals surface area contributed by atoms with Gasteiger partial charge in [0.2, 0.25) is 5.91 Å². The quantitative estimate of drug-likeness (QED) is 0.646. The Bertz CT molecular complexity index is 1070. The van der Waals surface area contributed by atoms with Crippen molar-refractivity contribution in [3.8, 4) is 0 Å². The number of rotatable bonds is 5. The number of hydrogen-bond acceptors (Lipinski definition) is 4. The van der Waals surface area contributed by atoms with E-state index in [4.69, 9.17) is 4.74 Å². The van der Waals surface area contributed by atoms with Gasteiger partial charge in [-0.3, -0.25) is 4.79 Å². The van der Waals surface area contributed by atoms with Crippen LogP contribution in [0.4, 0.5) is 10.6 Å². The fourth-order valence-electron chi connectivity index (χ4n) is 3.71. The van der Waals surface area contributed by atoms with Crippen LogP contribution in [0.2, 0.25) is 0 Å². The van der Waals surface area contributed by atoms with Gasteiger partial charge in [0.25, 0.3) is 0 Å². The largest absolute Gasteiger partial charge is 0.444 e. The molecule has 1 aliphatic rings. The molecule has 2 amide bonds. The maximum atomic E-state index is 13.2. The van der Waals surface area contributed by atoms with Gasteiger partial charge >= 0.3 is 6.09 Å². The van der Waals surface area contributed by atoms with Crippen LogP contribution < -0.4 is 5.32 Å². The first-order valence-corrected chi connectivity index (χ1v) is 10.8. The van der Waals surface area contributed by atoms with Crippen molar-refractivity contribution in [3.05, 3.63) is 73.0 Å². The number of allylic oxidation sites excluding steroid dienone is 4. The van der Waals surface area contributed by atoms with E-state index in [-0.39, 0.29) is 18.4 Å². The van der Waals surface area contributed by atoms with Crippen LogP contribution in [0, 0.1) is 11.8 Å². The number of fused-ring (bicyclic) bond motifs is 1. The Hall–Kier alpha value is -3.41. The predicted molar refractivity (Wildman–Crippen MR) is 128 cm³/mol. The molecule has 3 rings (SSSR count). The highest BCUT2D eigenvalue weighted by Crippen LogP contribution is 2.32. The van der Waals surface area contributed by atoms with Gasteiger partial charge in [0.15, 0.2) is 0 Å². The number of anilines is 1. The van der Waals surface area contributed by atoms with Crippen molar-refractivity contribution < 1.29 is 14.3 Å². The molecule has 2 atom stereocenters. The van der Waals surface area contributed by atoms with Gasteiger partial charge in [-0.25, -0.2) is 9.78 Å². The first kappa shape index (κ1) is 23.3. The zero-order valence-corrected chi connectivity index (χ0v) is 19.2. The summed E-state index contributed by atoms with van der Waals surface area (Å²) in [6, 6.07) is 9.69. The maximum absolute atomic E-state index is 13.2. The topological polar surface area (TPSA) is 71.5 Å². The van der Waals surface area contributed by atoms with Gasteiger partial charge in [-0.05, 0) is 44.7 Å². The molecular weight excluding hydrogens is 402 g/mol. The molecule has 1 saturated heterocycles. The number of nitrogens with zero attached hydrogens (tertiary/aromatic N) is 2. The summed E-state index contributed by atoms with van der Waals surface area (Å²) in [7, 11) is 0. The Morgan fingerprint density at radius 3 is 2.53 bits per heavy atom. The number of amides is 2. The van der Waals surface area contributed by atoms with Crippen LogP contribution in [0.1, 0.15) is 27.7 Å². The number of nitrogens with one attached hydrogen (secondary N) is 1. The summed E-state index contributed by atoms with van der Waals surface area (Å²) in [5, 5.41) is 4.93. The van der Waals surface area contributed by atoms with E-state index in [1.54, 1.807) is 11.1 Å². The summed E-state index contributed by atoms with van der Waals surface area (Å²) in [6.07, 6.45) is 8.91. The average molecular weight is 434 g/mol. The second kappa shape index (κ2) is 9.81. The molecule has 6 heteroatoms. The summed E-state index contributed by atoms with van der Waals surface area (Å²) >= 11 is 0. The molecule has 0 spiro atoms. The number of hydrogen-bond donors (Lipinski definition) is 1. The average Bonchev–Trinajstić information content (AvgIpc) is 3.19. The molecule has 1 aromatic heterocycles. The summed E-state index contributed by atoms with van der Waals surface area (Å²) < 4.78 is 5.53. The predicted octanol–water partition coefficient (Wildman–Crippen LogP) is 5.34. The number of ether oxygens (including phenoxy) is 1. The molecular formula is C26H31N3O3. The molecule has 0 saturated carbocycles. The normalized spacial score (nSPS) is 19.1.